The first kappa shape index (κ1) is 16.6. The average molecular weight is 359 g/mol. The van der Waals surface area contributed by atoms with Gasteiger partial charge >= 0.3 is 5.97 Å². The summed E-state index contributed by atoms with van der Waals surface area (Å²) in [6, 6.07) is 10.9. The lowest BCUT2D eigenvalue weighted by molar-refractivity contribution is 0.0464. The van der Waals surface area contributed by atoms with Crippen molar-refractivity contribution in [3.63, 3.8) is 0 Å². The summed E-state index contributed by atoms with van der Waals surface area (Å²) in [4.78, 5) is 23.7. The zero-order valence-corrected chi connectivity index (χ0v) is 13.4. The number of nitrogens with one attached hydrogen (secondary N) is 1. The zero-order chi connectivity index (χ0) is 16.1. The minimum atomic E-state index is -0.666. The maximum absolute atomic E-state index is 11.9. The Morgan fingerprint density at radius 3 is 2.36 bits per heavy atom. The number of ether oxygens (including phenoxy) is 1. The van der Waals surface area contributed by atoms with Gasteiger partial charge in [-0.05, 0) is 30.3 Å². The van der Waals surface area contributed by atoms with E-state index >= 15 is 0 Å². The highest BCUT2D eigenvalue weighted by atomic mass is 35.5. The maximum Gasteiger partial charge on any atom is 0.341 e. The molecule has 0 aromatic heterocycles. The minimum absolute atomic E-state index is 0.165. The molecule has 7 heteroatoms. The van der Waals surface area contributed by atoms with E-state index in [-0.39, 0.29) is 17.3 Å². The summed E-state index contributed by atoms with van der Waals surface area (Å²) in [6.45, 7) is -0.304. The average Bonchev–Trinajstić information content (AvgIpc) is 2.47. The zero-order valence-electron chi connectivity index (χ0n) is 11.1. The van der Waals surface area contributed by atoms with Crippen LogP contribution in [0.4, 0.5) is 0 Å². The van der Waals surface area contributed by atoms with Gasteiger partial charge in [-0.1, -0.05) is 46.9 Å². The molecular formula is C15H10Cl3NO3. The van der Waals surface area contributed by atoms with Gasteiger partial charge in [0.2, 0.25) is 0 Å². The second-order valence-corrected chi connectivity index (χ2v) is 5.44. The predicted octanol–water partition coefficient (Wildman–Crippen LogP) is 4.19. The third-order valence-corrected chi connectivity index (χ3v) is 3.58. The highest BCUT2D eigenvalue weighted by molar-refractivity contribution is 6.36. The Morgan fingerprint density at radius 1 is 0.955 bits per heavy atom. The number of halogens is 3. The van der Waals surface area contributed by atoms with Crippen molar-refractivity contribution in [2.24, 2.45) is 0 Å². The van der Waals surface area contributed by atoms with Gasteiger partial charge in [0.05, 0.1) is 21.2 Å². The molecular weight excluding hydrogens is 349 g/mol. The van der Waals surface area contributed by atoms with Gasteiger partial charge in [0, 0.05) is 5.02 Å². The van der Waals surface area contributed by atoms with Gasteiger partial charge in [0.1, 0.15) is 0 Å². The Bertz CT molecular complexity index is 719. The molecule has 2 rings (SSSR count). The molecule has 4 nitrogen and oxygen atoms in total. The second kappa shape index (κ2) is 7.49. The van der Waals surface area contributed by atoms with E-state index in [1.807, 2.05) is 0 Å². The third-order valence-electron chi connectivity index (χ3n) is 2.71. The van der Waals surface area contributed by atoms with Gasteiger partial charge in [-0.2, -0.15) is 0 Å². The summed E-state index contributed by atoms with van der Waals surface area (Å²) < 4.78 is 4.94. The van der Waals surface area contributed by atoms with Crippen LogP contribution in [0.2, 0.25) is 15.1 Å². The van der Waals surface area contributed by atoms with E-state index in [1.54, 1.807) is 24.3 Å². The smallest absolute Gasteiger partial charge is 0.341 e. The van der Waals surface area contributed by atoms with Gasteiger partial charge in [-0.3, -0.25) is 4.79 Å². The van der Waals surface area contributed by atoms with E-state index in [9.17, 15) is 9.59 Å². The first-order valence-electron chi connectivity index (χ1n) is 6.14. The van der Waals surface area contributed by atoms with Crippen molar-refractivity contribution in [2.75, 3.05) is 6.73 Å². The Kier molecular flexibility index (Phi) is 5.66. The summed E-state index contributed by atoms with van der Waals surface area (Å²) in [5.41, 5.74) is 0.461. The Balaban J connectivity index is 1.92. The molecule has 114 valence electrons. The molecule has 0 aliphatic rings. The van der Waals surface area contributed by atoms with Crippen LogP contribution in [-0.2, 0) is 4.74 Å². The van der Waals surface area contributed by atoms with Gasteiger partial charge < -0.3 is 10.1 Å². The lowest BCUT2D eigenvalue weighted by atomic mass is 10.2. The molecule has 2 aromatic carbocycles. The number of rotatable bonds is 4. The molecule has 2 aromatic rings. The molecule has 0 atom stereocenters. The molecule has 22 heavy (non-hydrogen) atoms. The number of esters is 1. The van der Waals surface area contributed by atoms with Crippen LogP contribution in [0.25, 0.3) is 0 Å². The molecule has 0 saturated carbocycles. The van der Waals surface area contributed by atoms with Gasteiger partial charge in [0.25, 0.3) is 5.91 Å². The van der Waals surface area contributed by atoms with Crippen molar-refractivity contribution in [1.29, 1.82) is 0 Å². The molecule has 0 heterocycles. The molecule has 0 aliphatic heterocycles. The summed E-state index contributed by atoms with van der Waals surface area (Å²) in [5, 5.41) is 3.33. The van der Waals surface area contributed by atoms with Crippen LogP contribution in [0.3, 0.4) is 0 Å². The first-order valence-corrected chi connectivity index (χ1v) is 7.27. The SMILES string of the molecule is O=C(NCOC(=O)c1ccc(Cl)cc1Cl)c1ccccc1Cl. The number of hydrogen-bond donors (Lipinski definition) is 1. The molecule has 1 amide bonds. The van der Waals surface area contributed by atoms with Crippen LogP contribution in [0.5, 0.6) is 0 Å². The number of carbonyl (C=O) groups excluding carboxylic acids is 2. The monoisotopic (exact) mass is 357 g/mol. The fourth-order valence-electron chi connectivity index (χ4n) is 1.64. The van der Waals surface area contributed by atoms with Gasteiger partial charge in [0.15, 0.2) is 6.73 Å². The standard InChI is InChI=1S/C15H10Cl3NO3/c16-9-5-6-11(13(18)7-9)15(21)22-8-19-14(20)10-3-1-2-4-12(10)17/h1-7H,8H2,(H,19,20). The molecule has 0 unspecified atom stereocenters. The van der Waals surface area contributed by atoms with Crippen LogP contribution >= 0.6 is 34.8 Å². The topological polar surface area (TPSA) is 55.4 Å². The summed E-state index contributed by atoms with van der Waals surface area (Å²) in [6.07, 6.45) is 0. The molecule has 1 N–H and O–H groups in total. The molecule has 0 spiro atoms. The van der Waals surface area contributed by atoms with Crippen LogP contribution in [0.1, 0.15) is 20.7 Å². The number of carbonyl (C=O) groups is 2. The summed E-state index contributed by atoms with van der Waals surface area (Å²) in [7, 11) is 0. The minimum Gasteiger partial charge on any atom is -0.441 e. The fourth-order valence-corrected chi connectivity index (χ4v) is 2.35. The Morgan fingerprint density at radius 2 is 1.68 bits per heavy atom. The van der Waals surface area contributed by atoms with Crippen molar-refractivity contribution in [2.45, 2.75) is 0 Å². The van der Waals surface area contributed by atoms with E-state index in [0.717, 1.165) is 0 Å². The predicted molar refractivity (Wildman–Crippen MR) is 85.7 cm³/mol. The van der Waals surface area contributed by atoms with Crippen molar-refractivity contribution in [1.82, 2.24) is 5.32 Å². The van der Waals surface area contributed by atoms with E-state index in [0.29, 0.717) is 15.6 Å². The molecule has 0 saturated heterocycles. The number of benzene rings is 2. The van der Waals surface area contributed by atoms with Crippen LogP contribution in [0.15, 0.2) is 42.5 Å². The fraction of sp³-hybridized carbons (Fsp3) is 0.0667. The van der Waals surface area contributed by atoms with Crippen molar-refractivity contribution >= 4 is 46.7 Å². The van der Waals surface area contributed by atoms with Crippen LogP contribution < -0.4 is 5.32 Å². The van der Waals surface area contributed by atoms with Crippen molar-refractivity contribution < 1.29 is 14.3 Å². The molecule has 0 aliphatic carbocycles. The quantitative estimate of drug-likeness (QED) is 0.658. The lowest BCUT2D eigenvalue weighted by Gasteiger charge is -2.08. The lowest BCUT2D eigenvalue weighted by Crippen LogP contribution is -2.28. The summed E-state index contributed by atoms with van der Waals surface area (Å²) in [5.74, 6) is -1.11. The Labute approximate surface area is 141 Å². The van der Waals surface area contributed by atoms with Gasteiger partial charge in [-0.25, -0.2) is 4.79 Å². The van der Waals surface area contributed by atoms with E-state index in [2.05, 4.69) is 5.32 Å². The maximum atomic E-state index is 11.9. The summed E-state index contributed by atoms with van der Waals surface area (Å²) >= 11 is 17.5. The molecule has 0 fully saturated rings. The normalized spacial score (nSPS) is 10.1. The Hall–Kier alpha value is -1.75. The molecule has 0 bridgehead atoms. The largest absolute Gasteiger partial charge is 0.441 e. The first-order chi connectivity index (χ1) is 10.5. The van der Waals surface area contributed by atoms with Crippen molar-refractivity contribution in [3.05, 3.63) is 68.7 Å². The second-order valence-electron chi connectivity index (χ2n) is 4.19. The molecule has 0 radical (unpaired) electrons. The number of hydrogen-bond acceptors (Lipinski definition) is 3. The van der Waals surface area contributed by atoms with Gasteiger partial charge in [-0.15, -0.1) is 0 Å². The third kappa shape index (κ3) is 4.13. The number of amides is 1. The van der Waals surface area contributed by atoms with Crippen molar-refractivity contribution in [3.8, 4) is 0 Å². The highest BCUT2D eigenvalue weighted by Gasteiger charge is 2.13. The highest BCUT2D eigenvalue weighted by Crippen LogP contribution is 2.21. The van der Waals surface area contributed by atoms with E-state index in [4.69, 9.17) is 39.5 Å². The van der Waals surface area contributed by atoms with E-state index in [1.165, 1.54) is 18.2 Å². The van der Waals surface area contributed by atoms with Crippen LogP contribution in [0, 0.1) is 0 Å². The van der Waals surface area contributed by atoms with E-state index < -0.39 is 11.9 Å². The van der Waals surface area contributed by atoms with Crippen LogP contribution in [-0.4, -0.2) is 18.6 Å².